The standard InChI is InChI=1S/C16H20N2O6S2/c1-12(9-13-5-4-6-14(10-13)24-26(3,21)22)23-15-7-8-16(17-11-15)18-25(2,19)20/h4-8,10-12H,9H2,1-3H3,(H,17,18). The van der Waals surface area contributed by atoms with Crippen LogP contribution in [-0.4, -0.2) is 40.4 Å². The van der Waals surface area contributed by atoms with Crippen LogP contribution in [0.2, 0.25) is 0 Å². The average Bonchev–Trinajstić information content (AvgIpc) is 2.46. The predicted molar refractivity (Wildman–Crippen MR) is 98.4 cm³/mol. The van der Waals surface area contributed by atoms with Gasteiger partial charge in [-0.1, -0.05) is 12.1 Å². The number of nitrogens with zero attached hydrogens (tertiary/aromatic N) is 1. The van der Waals surface area contributed by atoms with Crippen LogP contribution in [0.3, 0.4) is 0 Å². The molecule has 1 heterocycles. The predicted octanol–water partition coefficient (Wildman–Crippen LogP) is 1.80. The van der Waals surface area contributed by atoms with Gasteiger partial charge in [0.1, 0.15) is 23.4 Å². The van der Waals surface area contributed by atoms with Gasteiger partial charge in [-0.3, -0.25) is 4.72 Å². The molecule has 0 aliphatic rings. The van der Waals surface area contributed by atoms with Crippen molar-refractivity contribution in [2.75, 3.05) is 17.2 Å². The summed E-state index contributed by atoms with van der Waals surface area (Å²) < 4.78 is 57.6. The van der Waals surface area contributed by atoms with Crippen LogP contribution < -0.4 is 13.6 Å². The summed E-state index contributed by atoms with van der Waals surface area (Å²) in [7, 11) is -6.96. The van der Waals surface area contributed by atoms with E-state index in [1.165, 1.54) is 12.3 Å². The van der Waals surface area contributed by atoms with Crippen LogP contribution in [0.1, 0.15) is 12.5 Å². The Morgan fingerprint density at radius 2 is 1.81 bits per heavy atom. The Kier molecular flexibility index (Phi) is 6.09. The average molecular weight is 400 g/mol. The van der Waals surface area contributed by atoms with Gasteiger partial charge in [-0.15, -0.1) is 0 Å². The molecule has 0 amide bonds. The number of sulfonamides is 1. The topological polar surface area (TPSA) is 112 Å². The summed E-state index contributed by atoms with van der Waals surface area (Å²) in [4.78, 5) is 3.98. The molecule has 1 aromatic carbocycles. The molecule has 0 bridgehead atoms. The highest BCUT2D eigenvalue weighted by molar-refractivity contribution is 7.92. The zero-order valence-electron chi connectivity index (χ0n) is 14.5. The van der Waals surface area contributed by atoms with Gasteiger partial charge in [0.25, 0.3) is 0 Å². The zero-order chi connectivity index (χ0) is 19.4. The molecule has 1 unspecified atom stereocenters. The number of nitrogens with one attached hydrogen (secondary N) is 1. The van der Waals surface area contributed by atoms with E-state index in [4.69, 9.17) is 8.92 Å². The molecule has 0 aliphatic heterocycles. The van der Waals surface area contributed by atoms with E-state index in [2.05, 4.69) is 9.71 Å². The van der Waals surface area contributed by atoms with Gasteiger partial charge in [0.05, 0.1) is 18.7 Å². The molecule has 2 rings (SSSR count). The van der Waals surface area contributed by atoms with Crippen molar-refractivity contribution in [2.45, 2.75) is 19.4 Å². The van der Waals surface area contributed by atoms with Crippen molar-refractivity contribution in [3.05, 3.63) is 48.2 Å². The summed E-state index contributed by atoms with van der Waals surface area (Å²) in [6.45, 7) is 1.85. The van der Waals surface area contributed by atoms with E-state index in [0.29, 0.717) is 12.2 Å². The third kappa shape index (κ3) is 7.28. The number of hydrogen-bond acceptors (Lipinski definition) is 7. The van der Waals surface area contributed by atoms with Gasteiger partial charge in [0.2, 0.25) is 10.0 Å². The summed E-state index contributed by atoms with van der Waals surface area (Å²) >= 11 is 0. The van der Waals surface area contributed by atoms with Crippen LogP contribution in [0.15, 0.2) is 42.6 Å². The van der Waals surface area contributed by atoms with Crippen molar-refractivity contribution in [3.63, 3.8) is 0 Å². The minimum Gasteiger partial charge on any atom is -0.489 e. The fourth-order valence-corrected chi connectivity index (χ4v) is 3.16. The van der Waals surface area contributed by atoms with Crippen molar-refractivity contribution in [3.8, 4) is 11.5 Å². The van der Waals surface area contributed by atoms with Gasteiger partial charge in [-0.25, -0.2) is 13.4 Å². The molecule has 0 spiro atoms. The molecule has 26 heavy (non-hydrogen) atoms. The summed E-state index contributed by atoms with van der Waals surface area (Å²) in [5.74, 6) is 0.938. The Morgan fingerprint density at radius 1 is 1.08 bits per heavy atom. The highest BCUT2D eigenvalue weighted by atomic mass is 32.2. The van der Waals surface area contributed by atoms with E-state index >= 15 is 0 Å². The van der Waals surface area contributed by atoms with E-state index in [1.807, 2.05) is 13.0 Å². The van der Waals surface area contributed by atoms with Crippen molar-refractivity contribution < 1.29 is 25.8 Å². The van der Waals surface area contributed by atoms with E-state index in [-0.39, 0.29) is 17.7 Å². The van der Waals surface area contributed by atoms with Crippen LogP contribution in [0, 0.1) is 0 Å². The van der Waals surface area contributed by atoms with Gasteiger partial charge >= 0.3 is 10.1 Å². The molecule has 1 atom stereocenters. The molecule has 8 nitrogen and oxygen atoms in total. The van der Waals surface area contributed by atoms with Crippen LogP contribution in [0.4, 0.5) is 5.82 Å². The number of hydrogen-bond donors (Lipinski definition) is 1. The van der Waals surface area contributed by atoms with Gasteiger partial charge < -0.3 is 8.92 Å². The fraction of sp³-hybridized carbons (Fsp3) is 0.312. The van der Waals surface area contributed by atoms with E-state index in [0.717, 1.165) is 18.1 Å². The maximum Gasteiger partial charge on any atom is 0.306 e. The van der Waals surface area contributed by atoms with Crippen molar-refractivity contribution in [2.24, 2.45) is 0 Å². The molecule has 10 heteroatoms. The minimum atomic E-state index is -3.58. The molecule has 142 valence electrons. The first-order valence-electron chi connectivity index (χ1n) is 7.59. The van der Waals surface area contributed by atoms with E-state index in [1.54, 1.807) is 24.3 Å². The largest absolute Gasteiger partial charge is 0.489 e. The lowest BCUT2D eigenvalue weighted by Crippen LogP contribution is -2.16. The van der Waals surface area contributed by atoms with Gasteiger partial charge in [0, 0.05) is 6.42 Å². The molecular weight excluding hydrogens is 380 g/mol. The third-order valence-electron chi connectivity index (χ3n) is 3.03. The summed E-state index contributed by atoms with van der Waals surface area (Å²) in [5.41, 5.74) is 0.849. The first kappa shape index (κ1) is 20.0. The molecular formula is C16H20N2O6S2. The smallest absolute Gasteiger partial charge is 0.306 e. The summed E-state index contributed by atoms with van der Waals surface area (Å²) in [6.07, 6.45) is 3.75. The lowest BCUT2D eigenvalue weighted by atomic mass is 10.1. The highest BCUT2D eigenvalue weighted by Gasteiger charge is 2.10. The fourth-order valence-electron chi connectivity index (χ4n) is 2.21. The first-order valence-corrected chi connectivity index (χ1v) is 11.3. The second-order valence-electron chi connectivity index (χ2n) is 5.82. The monoisotopic (exact) mass is 400 g/mol. The number of aromatic nitrogens is 1. The Labute approximate surface area is 153 Å². The molecule has 0 saturated heterocycles. The summed E-state index contributed by atoms with van der Waals surface area (Å²) in [6, 6.07) is 9.86. The zero-order valence-corrected chi connectivity index (χ0v) is 16.2. The number of pyridine rings is 1. The summed E-state index contributed by atoms with van der Waals surface area (Å²) in [5, 5.41) is 0. The Balaban J connectivity index is 1.98. The quantitative estimate of drug-likeness (QED) is 0.673. The maximum atomic E-state index is 11.2. The highest BCUT2D eigenvalue weighted by Crippen LogP contribution is 2.19. The molecule has 2 aromatic rings. The van der Waals surface area contributed by atoms with Crippen molar-refractivity contribution in [1.82, 2.24) is 4.98 Å². The lowest BCUT2D eigenvalue weighted by Gasteiger charge is -2.15. The van der Waals surface area contributed by atoms with Crippen molar-refractivity contribution in [1.29, 1.82) is 0 Å². The minimum absolute atomic E-state index is 0.207. The van der Waals surface area contributed by atoms with Gasteiger partial charge in [-0.2, -0.15) is 8.42 Å². The van der Waals surface area contributed by atoms with Crippen LogP contribution in [0.5, 0.6) is 11.5 Å². The lowest BCUT2D eigenvalue weighted by molar-refractivity contribution is 0.221. The molecule has 0 saturated carbocycles. The molecule has 0 fully saturated rings. The van der Waals surface area contributed by atoms with Crippen molar-refractivity contribution >= 4 is 26.0 Å². The van der Waals surface area contributed by atoms with Gasteiger partial charge in [0.15, 0.2) is 0 Å². The van der Waals surface area contributed by atoms with Crippen LogP contribution in [-0.2, 0) is 26.6 Å². The first-order chi connectivity index (χ1) is 12.0. The maximum absolute atomic E-state index is 11.2. The van der Waals surface area contributed by atoms with E-state index < -0.39 is 20.1 Å². The van der Waals surface area contributed by atoms with Crippen LogP contribution in [0.25, 0.3) is 0 Å². The molecule has 0 aliphatic carbocycles. The van der Waals surface area contributed by atoms with Gasteiger partial charge in [-0.05, 0) is 36.8 Å². The Hall–Kier alpha value is -2.33. The third-order valence-corrected chi connectivity index (χ3v) is 4.11. The number of anilines is 1. The molecule has 1 N–H and O–H groups in total. The number of benzene rings is 1. The SMILES string of the molecule is CC(Cc1cccc(OS(C)(=O)=O)c1)Oc1ccc(NS(C)(=O)=O)nc1. The van der Waals surface area contributed by atoms with E-state index in [9.17, 15) is 16.8 Å². The number of rotatable bonds is 8. The Bertz CT molecular complexity index is 956. The van der Waals surface area contributed by atoms with Crippen LogP contribution >= 0.6 is 0 Å². The molecule has 1 aromatic heterocycles. The Morgan fingerprint density at radius 3 is 2.38 bits per heavy atom. The molecule has 0 radical (unpaired) electrons. The second kappa shape index (κ2) is 7.92. The normalized spacial score (nSPS) is 13.0. The second-order valence-corrected chi connectivity index (χ2v) is 9.14. The number of ether oxygens (including phenoxy) is 1.